The molecule has 3 heterocycles. The van der Waals surface area contributed by atoms with Crippen LogP contribution < -0.4 is 9.64 Å². The molecule has 1 aromatic heterocycles. The lowest BCUT2D eigenvalue weighted by molar-refractivity contribution is 0.0697. The number of benzene rings is 3. The predicted molar refractivity (Wildman–Crippen MR) is 187 cm³/mol. The summed E-state index contributed by atoms with van der Waals surface area (Å²) in [6, 6.07) is 19.0. The molecule has 0 amide bonds. The van der Waals surface area contributed by atoms with Crippen LogP contribution in [-0.2, 0) is 23.0 Å². The van der Waals surface area contributed by atoms with E-state index in [1.54, 1.807) is 24.3 Å². The first-order chi connectivity index (χ1) is 22.8. The van der Waals surface area contributed by atoms with Gasteiger partial charge >= 0.3 is 5.97 Å². The number of hydrogen-bond acceptors (Lipinski definition) is 6. The second kappa shape index (κ2) is 13.4. The molecule has 248 valence electrons. The van der Waals surface area contributed by atoms with Crippen molar-refractivity contribution in [1.29, 1.82) is 0 Å². The van der Waals surface area contributed by atoms with Crippen molar-refractivity contribution in [1.82, 2.24) is 9.47 Å². The van der Waals surface area contributed by atoms with Crippen LogP contribution in [0.4, 0.5) is 5.69 Å². The SMILES string of the molecule is CS(=O)(=O)c1cccc(COc2ccc3c(c2)N(CCN2CCCCC2)CCn2c-3c(C3CCCCC3)c3ccc(C(=O)O)cc32)c1. The Kier molecular flexibility index (Phi) is 9.03. The van der Waals surface area contributed by atoms with Gasteiger partial charge in [0.15, 0.2) is 9.84 Å². The van der Waals surface area contributed by atoms with Crippen LogP contribution in [0.25, 0.3) is 22.2 Å². The molecule has 2 aliphatic heterocycles. The molecule has 1 saturated heterocycles. The zero-order chi connectivity index (χ0) is 32.5. The summed E-state index contributed by atoms with van der Waals surface area (Å²) in [6.45, 7) is 6.02. The molecule has 0 atom stereocenters. The van der Waals surface area contributed by atoms with Gasteiger partial charge < -0.3 is 24.2 Å². The summed E-state index contributed by atoms with van der Waals surface area (Å²) in [4.78, 5) is 17.4. The number of aromatic carboxylic acids is 1. The summed E-state index contributed by atoms with van der Waals surface area (Å²) in [5, 5.41) is 11.1. The predicted octanol–water partition coefficient (Wildman–Crippen LogP) is 7.34. The molecule has 1 N–H and O–H groups in total. The Morgan fingerprint density at radius 2 is 1.66 bits per heavy atom. The second-order valence-corrected chi connectivity index (χ2v) is 15.6. The molecule has 0 radical (unpaired) electrons. The Morgan fingerprint density at radius 1 is 0.872 bits per heavy atom. The lowest BCUT2D eigenvalue weighted by atomic mass is 9.81. The third-order valence-corrected chi connectivity index (χ3v) is 11.5. The molecule has 1 aliphatic carbocycles. The van der Waals surface area contributed by atoms with Crippen molar-refractivity contribution in [3.63, 3.8) is 0 Å². The average Bonchev–Trinajstić information content (AvgIpc) is 3.32. The van der Waals surface area contributed by atoms with Crippen LogP contribution >= 0.6 is 0 Å². The highest BCUT2D eigenvalue weighted by atomic mass is 32.2. The maximum atomic E-state index is 12.1. The van der Waals surface area contributed by atoms with E-state index < -0.39 is 15.8 Å². The number of aromatic nitrogens is 1. The number of sulfone groups is 1. The Labute approximate surface area is 277 Å². The minimum Gasteiger partial charge on any atom is -0.489 e. The number of hydrogen-bond donors (Lipinski definition) is 1. The van der Waals surface area contributed by atoms with E-state index >= 15 is 0 Å². The molecule has 0 unspecified atom stereocenters. The minimum absolute atomic E-state index is 0.265. The van der Waals surface area contributed by atoms with Crippen molar-refractivity contribution in [3.8, 4) is 17.0 Å². The van der Waals surface area contributed by atoms with Crippen LogP contribution in [0.3, 0.4) is 0 Å². The van der Waals surface area contributed by atoms with Gasteiger partial charge in [0.2, 0.25) is 0 Å². The molecule has 4 aromatic rings. The van der Waals surface area contributed by atoms with Gasteiger partial charge in [0.25, 0.3) is 0 Å². The molecule has 8 nitrogen and oxygen atoms in total. The number of anilines is 1. The highest BCUT2D eigenvalue weighted by molar-refractivity contribution is 7.90. The van der Waals surface area contributed by atoms with Gasteiger partial charge in [-0.3, -0.25) is 0 Å². The van der Waals surface area contributed by atoms with E-state index in [0.717, 1.165) is 74.6 Å². The molecular weight excluding hydrogens is 611 g/mol. The fourth-order valence-electron chi connectivity index (χ4n) is 7.95. The fourth-order valence-corrected chi connectivity index (χ4v) is 8.64. The van der Waals surface area contributed by atoms with E-state index in [2.05, 4.69) is 26.5 Å². The molecule has 9 heteroatoms. The highest BCUT2D eigenvalue weighted by Crippen LogP contribution is 2.48. The summed E-state index contributed by atoms with van der Waals surface area (Å²) in [5.41, 5.74) is 7.03. The van der Waals surface area contributed by atoms with Gasteiger partial charge in [-0.05, 0) is 92.2 Å². The van der Waals surface area contributed by atoms with Gasteiger partial charge in [-0.15, -0.1) is 0 Å². The van der Waals surface area contributed by atoms with Crippen molar-refractivity contribution < 1.29 is 23.1 Å². The van der Waals surface area contributed by atoms with Gasteiger partial charge in [0, 0.05) is 60.7 Å². The van der Waals surface area contributed by atoms with E-state index in [0.29, 0.717) is 16.4 Å². The number of carbonyl (C=O) groups is 1. The third kappa shape index (κ3) is 6.65. The van der Waals surface area contributed by atoms with Crippen LogP contribution in [0.1, 0.15) is 78.8 Å². The zero-order valence-corrected chi connectivity index (χ0v) is 28.1. The van der Waals surface area contributed by atoms with Crippen molar-refractivity contribution in [2.24, 2.45) is 0 Å². The van der Waals surface area contributed by atoms with Crippen LogP contribution in [0.15, 0.2) is 65.6 Å². The Bertz CT molecular complexity index is 1890. The van der Waals surface area contributed by atoms with E-state index in [9.17, 15) is 18.3 Å². The molecule has 3 aliphatic rings. The van der Waals surface area contributed by atoms with Gasteiger partial charge in [-0.25, -0.2) is 13.2 Å². The minimum atomic E-state index is -3.31. The number of fused-ring (bicyclic) bond motifs is 5. The molecule has 47 heavy (non-hydrogen) atoms. The molecule has 0 bridgehead atoms. The van der Waals surface area contributed by atoms with Gasteiger partial charge in [-0.2, -0.15) is 0 Å². The maximum absolute atomic E-state index is 12.1. The molecule has 3 aromatic carbocycles. The molecule has 7 rings (SSSR count). The molecule has 2 fully saturated rings. The largest absolute Gasteiger partial charge is 0.489 e. The monoisotopic (exact) mass is 655 g/mol. The third-order valence-electron chi connectivity index (χ3n) is 10.4. The number of piperidine rings is 1. The van der Waals surface area contributed by atoms with Crippen LogP contribution in [-0.4, -0.2) is 67.9 Å². The first-order valence-corrected chi connectivity index (χ1v) is 19.1. The van der Waals surface area contributed by atoms with Crippen molar-refractivity contribution in [2.45, 2.75) is 75.3 Å². The first kappa shape index (κ1) is 31.8. The summed E-state index contributed by atoms with van der Waals surface area (Å²) >= 11 is 0. The number of carboxylic acids is 1. The molecular formula is C38H45N3O5S. The lowest BCUT2D eigenvalue weighted by Gasteiger charge is -2.31. The van der Waals surface area contributed by atoms with E-state index in [1.165, 1.54) is 67.0 Å². The highest BCUT2D eigenvalue weighted by Gasteiger charge is 2.31. The number of carboxylic acid groups (broad SMARTS) is 1. The lowest BCUT2D eigenvalue weighted by Crippen LogP contribution is -2.38. The van der Waals surface area contributed by atoms with Crippen molar-refractivity contribution >= 4 is 32.4 Å². The number of rotatable bonds is 9. The van der Waals surface area contributed by atoms with Crippen molar-refractivity contribution in [2.75, 3.05) is 43.9 Å². The summed E-state index contributed by atoms with van der Waals surface area (Å²) < 4.78 is 33.0. The molecule has 0 spiro atoms. The van der Waals surface area contributed by atoms with E-state index in [4.69, 9.17) is 4.74 Å². The van der Waals surface area contributed by atoms with E-state index in [-0.39, 0.29) is 6.61 Å². The second-order valence-electron chi connectivity index (χ2n) is 13.6. The van der Waals surface area contributed by atoms with E-state index in [1.807, 2.05) is 24.3 Å². The maximum Gasteiger partial charge on any atom is 0.335 e. The number of ether oxygens (including phenoxy) is 1. The average molecular weight is 656 g/mol. The summed E-state index contributed by atoms with van der Waals surface area (Å²) in [6.07, 6.45) is 11.0. The Hall–Kier alpha value is -3.82. The number of likely N-dealkylation sites (tertiary alicyclic amines) is 1. The summed E-state index contributed by atoms with van der Waals surface area (Å²) in [5.74, 6) is 0.278. The quantitative estimate of drug-likeness (QED) is 0.202. The number of nitrogens with zero attached hydrogens (tertiary/aromatic N) is 3. The van der Waals surface area contributed by atoms with Gasteiger partial charge in [0.05, 0.1) is 16.2 Å². The van der Waals surface area contributed by atoms with Crippen LogP contribution in [0.2, 0.25) is 0 Å². The standard InChI is InChI=1S/C38H45N3O5S/c1-47(44,45)31-12-8-9-27(23-31)26-46-30-14-16-33-34(25-30)40(20-19-39-17-6-3-7-18-39)21-22-41-35-24-29(38(42)43)13-15-32(35)36(37(33)41)28-10-4-2-5-11-28/h8-9,12-16,23-25,28H,2-7,10-11,17-22,26H2,1H3,(H,42,43). The van der Waals surface area contributed by atoms with Crippen LogP contribution in [0.5, 0.6) is 5.75 Å². The zero-order valence-electron chi connectivity index (χ0n) is 27.3. The normalized spacial score (nSPS) is 17.7. The van der Waals surface area contributed by atoms with Crippen LogP contribution in [0, 0.1) is 0 Å². The fraction of sp³-hybridized carbons (Fsp3) is 0.447. The van der Waals surface area contributed by atoms with Gasteiger partial charge in [0.1, 0.15) is 12.4 Å². The van der Waals surface area contributed by atoms with Gasteiger partial charge in [-0.1, -0.05) is 43.9 Å². The smallest absolute Gasteiger partial charge is 0.335 e. The van der Waals surface area contributed by atoms with Crippen molar-refractivity contribution in [3.05, 3.63) is 77.4 Å². The summed E-state index contributed by atoms with van der Waals surface area (Å²) in [7, 11) is -3.31. The Balaban J connectivity index is 1.31. The molecule has 1 saturated carbocycles. The first-order valence-electron chi connectivity index (χ1n) is 17.2. The topological polar surface area (TPSA) is 92.1 Å². The Morgan fingerprint density at radius 3 is 2.43 bits per heavy atom.